The van der Waals surface area contributed by atoms with E-state index in [0.717, 1.165) is 29.5 Å². The third kappa shape index (κ3) is 6.98. The van der Waals surface area contributed by atoms with E-state index in [1.165, 1.54) is 19.4 Å². The van der Waals surface area contributed by atoms with Crippen molar-refractivity contribution in [3.05, 3.63) is 106 Å². The number of methoxy groups -OCH3 is 1. The molecule has 14 heteroatoms. The number of piperidine rings is 1. The van der Waals surface area contributed by atoms with Crippen molar-refractivity contribution in [2.24, 2.45) is 0 Å². The summed E-state index contributed by atoms with van der Waals surface area (Å²) in [5.74, 6) is -1.07. The number of aliphatic carboxylic acids is 1. The average molecular weight is 755 g/mol. The lowest BCUT2D eigenvalue weighted by atomic mass is 9.81. The van der Waals surface area contributed by atoms with Crippen molar-refractivity contribution >= 4 is 40.2 Å². The zero-order valence-electron chi connectivity index (χ0n) is 29.9. The molecule has 4 aromatic rings. The maximum atomic E-state index is 14.3. The van der Waals surface area contributed by atoms with Gasteiger partial charge in [-0.3, -0.25) is 24.4 Å². The van der Waals surface area contributed by atoms with Crippen LogP contribution >= 0.6 is 11.6 Å². The first-order chi connectivity index (χ1) is 26.0. The third-order valence-corrected chi connectivity index (χ3v) is 11.0. The van der Waals surface area contributed by atoms with Gasteiger partial charge in [-0.25, -0.2) is 9.37 Å². The van der Waals surface area contributed by atoms with Crippen LogP contribution in [0.1, 0.15) is 63.5 Å². The molecule has 12 nitrogen and oxygen atoms in total. The number of hydrogen-bond acceptors (Lipinski definition) is 10. The number of pyridine rings is 1. The second-order valence-electron chi connectivity index (χ2n) is 14.3. The van der Waals surface area contributed by atoms with Gasteiger partial charge in [0.05, 0.1) is 18.1 Å². The monoisotopic (exact) mass is 754 g/mol. The number of aryl methyl sites for hydroxylation is 1. The molecule has 1 amide bonds. The van der Waals surface area contributed by atoms with Crippen molar-refractivity contribution in [1.29, 1.82) is 5.26 Å². The van der Waals surface area contributed by atoms with Crippen molar-refractivity contribution in [2.45, 2.75) is 61.8 Å². The minimum Gasteiger partial charge on any atom is -0.496 e. The predicted molar refractivity (Wildman–Crippen MR) is 198 cm³/mol. The minimum atomic E-state index is -1.57. The largest absolute Gasteiger partial charge is 0.496 e. The van der Waals surface area contributed by atoms with E-state index in [-0.39, 0.29) is 42.4 Å². The number of fused-ring (bicyclic) bond motifs is 1. The molecule has 1 aliphatic carbocycles. The molecule has 2 fully saturated rings. The molecule has 2 saturated heterocycles. The Morgan fingerprint density at radius 3 is 2.72 bits per heavy atom. The number of oxazole rings is 1. The molecule has 2 unspecified atom stereocenters. The SMILES string of the molecule is COc1cc(C(=O)NC2(c3nc4cc(CN5CC(O)(CF)C5)cc(C#N)c4o3)C=CC=C(c3ccccc3C)C2Cl)ncc1CN1CCCC[C@H]1C(=O)O. The Bertz CT molecular complexity index is 2210. The second kappa shape index (κ2) is 14.9. The van der Waals surface area contributed by atoms with Gasteiger partial charge in [0.25, 0.3) is 5.91 Å². The van der Waals surface area contributed by atoms with Gasteiger partial charge in [-0.2, -0.15) is 5.26 Å². The number of allylic oxidation sites excluding steroid dienone is 2. The highest BCUT2D eigenvalue weighted by atomic mass is 35.5. The quantitative estimate of drug-likeness (QED) is 0.171. The van der Waals surface area contributed by atoms with Gasteiger partial charge in [0.15, 0.2) is 11.1 Å². The van der Waals surface area contributed by atoms with Gasteiger partial charge in [0.2, 0.25) is 5.89 Å². The first kappa shape index (κ1) is 37.2. The standard InChI is InChI=1S/C40H40ClFN6O6/c1-24-8-3-4-9-28(24)29-10-7-12-40(35(29)41,38-45-30-15-25(14-26(17-43)34(30)54-38)19-47-22-39(52,21-42)23-47)46-36(49)31-16-33(53-2)27(18-44-31)20-48-13-6-5-11-32(48)37(50)51/h3-4,7-10,12,14-16,18,32,35,52H,5-6,11,13,19-23H2,1-2H3,(H,46,49)(H,50,51)/t32-,35?,40?/m0/s1. The third-order valence-electron chi connectivity index (χ3n) is 10.5. The van der Waals surface area contributed by atoms with Crippen LogP contribution in [-0.2, 0) is 23.4 Å². The van der Waals surface area contributed by atoms with Gasteiger partial charge in [-0.1, -0.05) is 42.8 Å². The van der Waals surface area contributed by atoms with Crippen molar-refractivity contribution in [2.75, 3.05) is 33.4 Å². The molecule has 2 aromatic carbocycles. The van der Waals surface area contributed by atoms with Gasteiger partial charge < -0.3 is 24.7 Å². The molecule has 54 heavy (non-hydrogen) atoms. The summed E-state index contributed by atoms with van der Waals surface area (Å²) in [6, 6.07) is 14.2. The van der Waals surface area contributed by atoms with E-state index in [1.54, 1.807) is 24.3 Å². The molecule has 3 N–H and O–H groups in total. The zero-order chi connectivity index (χ0) is 38.2. The number of halogens is 2. The minimum absolute atomic E-state index is 0.0200. The Morgan fingerprint density at radius 2 is 2.00 bits per heavy atom. The van der Waals surface area contributed by atoms with Gasteiger partial charge in [-0.15, -0.1) is 11.6 Å². The number of nitriles is 1. The summed E-state index contributed by atoms with van der Waals surface area (Å²) in [5.41, 5.74) is 1.75. The first-order valence-corrected chi connectivity index (χ1v) is 18.2. The van der Waals surface area contributed by atoms with Crippen LogP contribution in [0.3, 0.4) is 0 Å². The molecule has 280 valence electrons. The number of carbonyl (C=O) groups is 2. The summed E-state index contributed by atoms with van der Waals surface area (Å²) in [4.78, 5) is 39.3. The topological polar surface area (TPSA) is 165 Å². The highest BCUT2D eigenvalue weighted by Crippen LogP contribution is 2.43. The Hall–Kier alpha value is -5.13. The molecule has 7 rings (SSSR count). The highest BCUT2D eigenvalue weighted by Gasteiger charge is 2.48. The van der Waals surface area contributed by atoms with E-state index < -0.39 is 41.1 Å². The van der Waals surface area contributed by atoms with E-state index in [2.05, 4.69) is 16.4 Å². The zero-order valence-corrected chi connectivity index (χ0v) is 30.6. The van der Waals surface area contributed by atoms with E-state index in [4.69, 9.17) is 25.7 Å². The number of amides is 1. The van der Waals surface area contributed by atoms with E-state index in [9.17, 15) is 29.5 Å². The number of benzene rings is 2. The maximum absolute atomic E-state index is 14.3. The fourth-order valence-electron chi connectivity index (χ4n) is 7.69. The van der Waals surface area contributed by atoms with Crippen LogP contribution < -0.4 is 10.1 Å². The molecule has 4 heterocycles. The van der Waals surface area contributed by atoms with Crippen LogP contribution in [0.2, 0.25) is 0 Å². The Balaban J connectivity index is 1.25. The summed E-state index contributed by atoms with van der Waals surface area (Å²) in [6.45, 7) is 2.71. The number of carboxylic acid groups (broad SMARTS) is 1. The first-order valence-electron chi connectivity index (χ1n) is 17.7. The van der Waals surface area contributed by atoms with Gasteiger partial charge >= 0.3 is 5.97 Å². The maximum Gasteiger partial charge on any atom is 0.320 e. The average Bonchev–Trinajstić information content (AvgIpc) is 3.60. The van der Waals surface area contributed by atoms with Crippen molar-refractivity contribution in [3.63, 3.8) is 0 Å². The van der Waals surface area contributed by atoms with Crippen molar-refractivity contribution in [1.82, 2.24) is 25.1 Å². The lowest BCUT2D eigenvalue weighted by molar-refractivity contribution is -0.144. The molecule has 0 bridgehead atoms. The lowest BCUT2D eigenvalue weighted by Crippen LogP contribution is -2.62. The van der Waals surface area contributed by atoms with Crippen LogP contribution in [0, 0.1) is 18.3 Å². The fraction of sp³-hybridized carbons (Fsp3) is 0.375. The highest BCUT2D eigenvalue weighted by molar-refractivity contribution is 6.28. The summed E-state index contributed by atoms with van der Waals surface area (Å²) in [5, 5.41) is 32.2. The number of carbonyl (C=O) groups excluding carboxylic acids is 1. The molecule has 3 atom stereocenters. The van der Waals surface area contributed by atoms with Crippen LogP contribution in [-0.4, -0.2) is 92.3 Å². The van der Waals surface area contributed by atoms with Crippen molar-refractivity contribution < 1.29 is 33.3 Å². The number of nitrogens with one attached hydrogen (secondary N) is 1. The van der Waals surface area contributed by atoms with Crippen LogP contribution in [0.4, 0.5) is 4.39 Å². The van der Waals surface area contributed by atoms with E-state index >= 15 is 0 Å². The molecule has 0 spiro atoms. The Morgan fingerprint density at radius 1 is 1.20 bits per heavy atom. The second-order valence-corrected chi connectivity index (χ2v) is 14.7. The van der Waals surface area contributed by atoms with E-state index in [0.29, 0.717) is 41.9 Å². The number of rotatable bonds is 11. The number of ether oxygens (including phenoxy) is 1. The van der Waals surface area contributed by atoms with Crippen LogP contribution in [0.15, 0.2) is 71.3 Å². The number of hydrogen-bond donors (Lipinski definition) is 3. The van der Waals surface area contributed by atoms with Gasteiger partial charge in [0.1, 0.15) is 41.3 Å². The summed E-state index contributed by atoms with van der Waals surface area (Å²) in [6.07, 6.45) is 9.14. The number of aliphatic hydroxyl groups is 1. The van der Waals surface area contributed by atoms with Crippen LogP contribution in [0.5, 0.6) is 5.75 Å². The summed E-state index contributed by atoms with van der Waals surface area (Å²) >= 11 is 7.42. The number of aromatic nitrogens is 2. The number of likely N-dealkylation sites (tertiary alicyclic amines) is 2. The predicted octanol–water partition coefficient (Wildman–Crippen LogP) is 5.25. The fourth-order valence-corrected chi connectivity index (χ4v) is 8.10. The Labute approximate surface area is 316 Å². The van der Waals surface area contributed by atoms with E-state index in [1.807, 2.05) is 47.1 Å². The molecular formula is C40H40ClFN6O6. The lowest BCUT2D eigenvalue weighted by Gasteiger charge is -2.44. The summed E-state index contributed by atoms with van der Waals surface area (Å²) in [7, 11) is 1.48. The normalized spacial score (nSPS) is 22.6. The van der Waals surface area contributed by atoms with Crippen molar-refractivity contribution in [3.8, 4) is 11.8 Å². The van der Waals surface area contributed by atoms with Crippen LogP contribution in [0.25, 0.3) is 16.7 Å². The number of carboxylic acids is 1. The van der Waals surface area contributed by atoms with Gasteiger partial charge in [0, 0.05) is 44.0 Å². The Kier molecular flexibility index (Phi) is 10.3. The smallest absolute Gasteiger partial charge is 0.320 e. The molecule has 2 aliphatic heterocycles. The molecular weight excluding hydrogens is 715 g/mol. The molecule has 0 saturated carbocycles. The molecule has 3 aliphatic rings. The van der Waals surface area contributed by atoms with Gasteiger partial charge in [-0.05, 0) is 66.8 Å². The number of β-amino-alcohol motifs (C(OH)–C–C–N with tert-alkyl or cyclic N) is 1. The number of alkyl halides is 2. The molecule has 0 radical (unpaired) electrons. The number of nitrogens with zero attached hydrogens (tertiary/aromatic N) is 5. The summed E-state index contributed by atoms with van der Waals surface area (Å²) < 4.78 is 25.3. The molecule has 2 aromatic heterocycles.